The first-order chi connectivity index (χ1) is 23.0. The minimum Gasteiger partial charge on any atom is -0.460 e. The number of carbonyl (C=O) groups excluding carboxylic acids is 4. The lowest BCUT2D eigenvalue weighted by molar-refractivity contribution is -0.159. The van der Waals surface area contributed by atoms with Crippen molar-refractivity contribution < 1.29 is 38.2 Å². The molecule has 256 valence electrons. The van der Waals surface area contributed by atoms with Gasteiger partial charge in [0.2, 0.25) is 5.91 Å². The highest BCUT2D eigenvalue weighted by Crippen LogP contribution is 2.26. The Hall–Kier alpha value is -4.97. The van der Waals surface area contributed by atoms with E-state index in [9.17, 15) is 24.3 Å². The van der Waals surface area contributed by atoms with Crippen molar-refractivity contribution in [3.05, 3.63) is 96.3 Å². The first-order valence-electron chi connectivity index (χ1n) is 16.1. The van der Waals surface area contributed by atoms with Gasteiger partial charge in [-0.3, -0.25) is 14.9 Å². The van der Waals surface area contributed by atoms with Crippen LogP contribution in [0.2, 0.25) is 0 Å². The van der Waals surface area contributed by atoms with Crippen LogP contribution in [0, 0.1) is 11.8 Å². The lowest BCUT2D eigenvalue weighted by Crippen LogP contribution is -2.44. The number of esters is 1. The fourth-order valence-corrected chi connectivity index (χ4v) is 5.64. The molecule has 0 radical (unpaired) electrons. The summed E-state index contributed by atoms with van der Waals surface area (Å²) in [7, 11) is 0. The number of fused-ring (bicyclic) bond motifs is 3. The summed E-state index contributed by atoms with van der Waals surface area (Å²) >= 11 is 0. The number of aliphatic hydroxyl groups excluding tert-OH is 1. The van der Waals surface area contributed by atoms with Gasteiger partial charge in [0.25, 0.3) is 5.91 Å². The first-order valence-corrected chi connectivity index (χ1v) is 16.1. The number of ether oxygens (including phenoxy) is 2. The van der Waals surface area contributed by atoms with Crippen molar-refractivity contribution in [2.75, 3.05) is 25.0 Å². The molecule has 0 unspecified atom stereocenters. The summed E-state index contributed by atoms with van der Waals surface area (Å²) in [6, 6.07) is 7.99. The maximum atomic E-state index is 13.7. The molecule has 5 atom stereocenters. The summed E-state index contributed by atoms with van der Waals surface area (Å²) in [5, 5.41) is 15.9. The Kier molecular flexibility index (Phi) is 12.9. The molecule has 1 fully saturated rings. The van der Waals surface area contributed by atoms with Crippen LogP contribution in [0.15, 0.2) is 89.1 Å². The number of aliphatic hydroxyl groups is 1. The number of benzene rings is 1. The molecule has 12 nitrogen and oxygen atoms in total. The van der Waals surface area contributed by atoms with Gasteiger partial charge in [-0.2, -0.15) is 0 Å². The summed E-state index contributed by atoms with van der Waals surface area (Å²) < 4.78 is 17.1. The third-order valence-electron chi connectivity index (χ3n) is 8.07. The second kappa shape index (κ2) is 17.3. The van der Waals surface area contributed by atoms with Crippen LogP contribution < -0.4 is 10.6 Å². The number of para-hydroxylation sites is 1. The Labute approximate surface area is 280 Å². The smallest absolute Gasteiger partial charge is 0.411 e. The van der Waals surface area contributed by atoms with E-state index in [1.165, 1.54) is 17.2 Å². The monoisotopic (exact) mass is 660 g/mol. The molecule has 2 bridgehead atoms. The van der Waals surface area contributed by atoms with Gasteiger partial charge < -0.3 is 29.2 Å². The number of anilines is 1. The zero-order chi connectivity index (χ0) is 34.6. The number of nitrogens with one attached hydrogen (secondary N) is 2. The number of rotatable bonds is 4. The minimum absolute atomic E-state index is 0.0578. The number of hydrogen-bond donors (Lipinski definition) is 3. The fourth-order valence-electron chi connectivity index (χ4n) is 5.64. The van der Waals surface area contributed by atoms with Gasteiger partial charge >= 0.3 is 12.1 Å². The van der Waals surface area contributed by atoms with Crippen molar-refractivity contribution in [3.8, 4) is 0 Å². The minimum atomic E-state index is -0.859. The van der Waals surface area contributed by atoms with E-state index in [0.29, 0.717) is 30.6 Å². The molecular formula is C36H44N4O8. The Morgan fingerprint density at radius 3 is 2.77 bits per heavy atom. The van der Waals surface area contributed by atoms with Crippen LogP contribution in [0.25, 0.3) is 0 Å². The molecule has 1 saturated heterocycles. The van der Waals surface area contributed by atoms with E-state index >= 15 is 0 Å². The van der Waals surface area contributed by atoms with Crippen LogP contribution in [0.1, 0.15) is 56.4 Å². The van der Waals surface area contributed by atoms with Crippen LogP contribution in [0.5, 0.6) is 0 Å². The molecule has 3 N–H and O–H groups in total. The second-order valence-corrected chi connectivity index (χ2v) is 12.2. The normalized spacial score (nSPS) is 26.2. The Balaban J connectivity index is 1.54. The molecule has 0 spiro atoms. The fraction of sp³-hybridized carbons (Fsp3) is 0.417. The number of cyclic esters (lactones) is 1. The van der Waals surface area contributed by atoms with E-state index in [1.807, 2.05) is 13.0 Å². The average Bonchev–Trinajstić information content (AvgIpc) is 3.73. The van der Waals surface area contributed by atoms with E-state index in [2.05, 4.69) is 22.2 Å². The summed E-state index contributed by atoms with van der Waals surface area (Å²) in [6.07, 6.45) is 8.72. The number of hydrogen-bond acceptors (Lipinski definition) is 9. The highest BCUT2D eigenvalue weighted by molar-refractivity contribution is 5.95. The van der Waals surface area contributed by atoms with Crippen molar-refractivity contribution in [1.82, 2.24) is 15.2 Å². The number of allylic oxidation sites excluding steroid dienone is 2. The van der Waals surface area contributed by atoms with Crippen molar-refractivity contribution in [1.29, 1.82) is 0 Å². The highest BCUT2D eigenvalue weighted by atomic mass is 16.6. The maximum absolute atomic E-state index is 13.7. The number of amides is 3. The largest absolute Gasteiger partial charge is 0.460 e. The molecule has 1 aromatic heterocycles. The molecule has 1 aromatic carbocycles. The van der Waals surface area contributed by atoms with E-state index in [1.54, 1.807) is 62.4 Å². The van der Waals surface area contributed by atoms with Crippen LogP contribution in [-0.2, 0) is 25.5 Å². The van der Waals surface area contributed by atoms with Gasteiger partial charge in [0, 0.05) is 37.0 Å². The molecule has 2 aliphatic heterocycles. The van der Waals surface area contributed by atoms with Crippen LogP contribution >= 0.6 is 0 Å². The number of carbonyl (C=O) groups is 4. The zero-order valence-corrected chi connectivity index (χ0v) is 27.6. The quantitative estimate of drug-likeness (QED) is 0.311. The van der Waals surface area contributed by atoms with Gasteiger partial charge in [0.1, 0.15) is 18.4 Å². The molecule has 4 rings (SSSR count). The molecule has 12 heteroatoms. The summed E-state index contributed by atoms with van der Waals surface area (Å²) in [5.41, 5.74) is 2.09. The number of aromatic nitrogens is 1. The standard InChI is InChI=1S/C36H44N4O8/c1-23-10-8-16-37-31(42)15-14-25(3)33(26(4)21-47-36(45)38-27-11-6-5-7-12-27)48-35(44)30-13-9-17-40(30)34(43)29-22-46-32(39-29)20-24(2)19-28(41)18-23/h5-8,10-12,14-15,18,22,25-26,28,30,33,41H,2,9,13,16-17,19-21H2,1,3-4H3,(H,37,42)(H,38,45)/b10-8+,15-14+,23-18+/t25-,26-,28-,30-,33+/m1/s1. The van der Waals surface area contributed by atoms with Gasteiger partial charge in [-0.15, -0.1) is 0 Å². The molecule has 2 aliphatic rings. The summed E-state index contributed by atoms with van der Waals surface area (Å²) in [6.45, 7) is 9.94. The zero-order valence-electron chi connectivity index (χ0n) is 27.6. The second-order valence-electron chi connectivity index (χ2n) is 12.2. The lowest BCUT2D eigenvalue weighted by Gasteiger charge is -2.30. The van der Waals surface area contributed by atoms with E-state index in [4.69, 9.17) is 13.9 Å². The Morgan fingerprint density at radius 2 is 2.00 bits per heavy atom. The van der Waals surface area contributed by atoms with Crippen molar-refractivity contribution in [2.24, 2.45) is 11.8 Å². The van der Waals surface area contributed by atoms with E-state index in [-0.39, 0.29) is 43.5 Å². The van der Waals surface area contributed by atoms with Crippen LogP contribution in [0.3, 0.4) is 0 Å². The van der Waals surface area contributed by atoms with Gasteiger partial charge in [0.05, 0.1) is 12.7 Å². The molecular weight excluding hydrogens is 616 g/mol. The van der Waals surface area contributed by atoms with Crippen LogP contribution in [0.4, 0.5) is 10.5 Å². The number of nitrogens with zero attached hydrogens (tertiary/aromatic N) is 2. The molecule has 0 saturated carbocycles. The van der Waals surface area contributed by atoms with E-state index in [0.717, 1.165) is 5.57 Å². The predicted octanol–water partition coefficient (Wildman–Crippen LogP) is 4.75. The first kappa shape index (κ1) is 35.9. The van der Waals surface area contributed by atoms with Gasteiger partial charge in [-0.1, -0.05) is 74.1 Å². The average molecular weight is 661 g/mol. The van der Waals surface area contributed by atoms with Gasteiger partial charge in [0.15, 0.2) is 11.6 Å². The molecule has 0 aliphatic carbocycles. The van der Waals surface area contributed by atoms with Gasteiger partial charge in [-0.25, -0.2) is 14.6 Å². The number of oxazole rings is 1. The molecule has 3 heterocycles. The topological polar surface area (TPSA) is 160 Å². The summed E-state index contributed by atoms with van der Waals surface area (Å²) in [5.74, 6) is -2.08. The van der Waals surface area contributed by atoms with Crippen molar-refractivity contribution in [2.45, 2.75) is 64.7 Å². The molecule has 3 amide bonds. The van der Waals surface area contributed by atoms with Crippen molar-refractivity contribution >= 4 is 29.6 Å². The molecule has 2 aromatic rings. The highest BCUT2D eigenvalue weighted by Gasteiger charge is 2.39. The SMILES string of the molecule is C=C1Cc2nc(co2)C(=O)N2CCC[C@@H]2C(=O)O[C@H]([C@H](C)COC(=O)Nc2ccccc2)[C@H](C)/C=C/C(=O)NC/C=C/C(C)=C/[C@@H](O)C1. The Morgan fingerprint density at radius 1 is 1.23 bits per heavy atom. The summed E-state index contributed by atoms with van der Waals surface area (Å²) in [4.78, 5) is 58.0. The van der Waals surface area contributed by atoms with Gasteiger partial charge in [-0.05, 0) is 44.4 Å². The lowest BCUT2D eigenvalue weighted by atomic mass is 9.93. The van der Waals surface area contributed by atoms with Crippen LogP contribution in [-0.4, -0.2) is 76.8 Å². The van der Waals surface area contributed by atoms with Crippen molar-refractivity contribution in [3.63, 3.8) is 0 Å². The third-order valence-corrected chi connectivity index (χ3v) is 8.07. The predicted molar refractivity (Wildman–Crippen MR) is 179 cm³/mol. The van der Waals surface area contributed by atoms with E-state index < -0.39 is 48.1 Å². The third kappa shape index (κ3) is 10.5. The maximum Gasteiger partial charge on any atom is 0.411 e. The molecule has 48 heavy (non-hydrogen) atoms. The Bertz CT molecular complexity index is 1550.